The number of aryl methyl sites for hydroxylation is 1. The predicted octanol–water partition coefficient (Wildman–Crippen LogP) is 1.63. The maximum Gasteiger partial charge on any atom is 0.241 e. The number of nitrogens with zero attached hydrogens (tertiary/aromatic N) is 5. The number of piperazine rings is 1. The Morgan fingerprint density at radius 1 is 0.920 bits per heavy atom. The zero-order valence-corrected chi connectivity index (χ0v) is 14.8. The van der Waals surface area contributed by atoms with Crippen LogP contribution in [0.5, 0.6) is 0 Å². The fourth-order valence-electron chi connectivity index (χ4n) is 3.51. The van der Waals surface area contributed by atoms with Crippen molar-refractivity contribution in [1.29, 1.82) is 0 Å². The summed E-state index contributed by atoms with van der Waals surface area (Å²) in [6, 6.07) is 8.69. The van der Waals surface area contributed by atoms with Crippen molar-refractivity contribution in [1.82, 2.24) is 14.9 Å². The first kappa shape index (κ1) is 15.9. The highest BCUT2D eigenvalue weighted by atomic mass is 16.2. The molecule has 0 N–H and O–H groups in total. The summed E-state index contributed by atoms with van der Waals surface area (Å²) in [7, 11) is 1.85. The fraction of sp³-hybridized carbons (Fsp3) is 0.421. The summed E-state index contributed by atoms with van der Waals surface area (Å²) in [4.78, 5) is 26.9. The quantitative estimate of drug-likeness (QED) is 0.834. The van der Waals surface area contributed by atoms with Crippen molar-refractivity contribution in [3.8, 4) is 0 Å². The van der Waals surface area contributed by atoms with Gasteiger partial charge in [0.15, 0.2) is 0 Å². The Labute approximate surface area is 148 Å². The van der Waals surface area contributed by atoms with Crippen LogP contribution in [0.2, 0.25) is 0 Å². The van der Waals surface area contributed by atoms with Gasteiger partial charge in [0, 0.05) is 39.3 Å². The molecule has 6 heteroatoms. The van der Waals surface area contributed by atoms with Crippen LogP contribution in [0.1, 0.15) is 16.7 Å². The molecule has 1 saturated heterocycles. The minimum absolute atomic E-state index is 0.133. The molecule has 6 nitrogen and oxygen atoms in total. The van der Waals surface area contributed by atoms with E-state index >= 15 is 0 Å². The van der Waals surface area contributed by atoms with Crippen LogP contribution in [-0.2, 0) is 17.8 Å². The molecule has 1 aromatic carbocycles. The first-order valence-corrected chi connectivity index (χ1v) is 8.74. The summed E-state index contributed by atoms with van der Waals surface area (Å²) in [5.41, 5.74) is 4.12. The Bertz CT molecular complexity index is 806. The van der Waals surface area contributed by atoms with Crippen LogP contribution in [-0.4, -0.2) is 54.0 Å². The van der Waals surface area contributed by atoms with Gasteiger partial charge in [-0.25, -0.2) is 9.97 Å². The Balaban J connectivity index is 1.54. The molecule has 1 fully saturated rings. The number of hydrogen-bond acceptors (Lipinski definition) is 5. The molecule has 0 radical (unpaired) electrons. The molecule has 25 heavy (non-hydrogen) atoms. The van der Waals surface area contributed by atoms with E-state index in [9.17, 15) is 4.79 Å². The first-order chi connectivity index (χ1) is 12.1. The van der Waals surface area contributed by atoms with Crippen molar-refractivity contribution in [2.75, 3.05) is 43.0 Å². The molecular weight excluding hydrogens is 314 g/mol. The average molecular weight is 337 g/mol. The average Bonchev–Trinajstić information content (AvgIpc) is 2.63. The Morgan fingerprint density at radius 3 is 2.44 bits per heavy atom. The molecule has 3 heterocycles. The number of carbonyl (C=O) groups is 1. The third kappa shape index (κ3) is 3.16. The monoisotopic (exact) mass is 337 g/mol. The third-order valence-corrected chi connectivity index (χ3v) is 5.12. The number of anilines is 2. The highest BCUT2D eigenvalue weighted by Gasteiger charge is 2.23. The van der Waals surface area contributed by atoms with Gasteiger partial charge < -0.3 is 14.7 Å². The number of aromatic nitrogens is 2. The number of hydrogen-bond donors (Lipinski definition) is 0. The van der Waals surface area contributed by atoms with E-state index < -0.39 is 0 Å². The zero-order valence-electron chi connectivity index (χ0n) is 14.8. The van der Waals surface area contributed by atoms with Crippen LogP contribution in [0.4, 0.5) is 11.6 Å². The molecular formula is C19H23N5O. The smallest absolute Gasteiger partial charge is 0.241 e. The van der Waals surface area contributed by atoms with Crippen LogP contribution in [0, 0.1) is 6.92 Å². The maximum absolute atomic E-state index is 12.0. The van der Waals surface area contributed by atoms with Crippen LogP contribution in [0.3, 0.4) is 0 Å². The van der Waals surface area contributed by atoms with Gasteiger partial charge in [0.1, 0.15) is 18.0 Å². The zero-order chi connectivity index (χ0) is 17.4. The molecule has 2 aromatic rings. The van der Waals surface area contributed by atoms with Crippen molar-refractivity contribution in [3.05, 3.63) is 47.3 Å². The van der Waals surface area contributed by atoms with E-state index in [2.05, 4.69) is 40.0 Å². The van der Waals surface area contributed by atoms with E-state index in [0.29, 0.717) is 6.54 Å². The molecule has 1 amide bonds. The van der Waals surface area contributed by atoms with E-state index in [1.165, 1.54) is 16.7 Å². The minimum atomic E-state index is 0.133. The molecule has 0 aliphatic carbocycles. The van der Waals surface area contributed by atoms with Gasteiger partial charge in [-0.15, -0.1) is 0 Å². The molecule has 0 saturated carbocycles. The van der Waals surface area contributed by atoms with Crippen molar-refractivity contribution in [2.24, 2.45) is 0 Å². The molecule has 0 bridgehead atoms. The lowest BCUT2D eigenvalue weighted by Crippen LogP contribution is -2.48. The number of benzene rings is 1. The van der Waals surface area contributed by atoms with E-state index in [1.807, 2.05) is 18.0 Å². The molecule has 2 aliphatic heterocycles. The number of fused-ring (bicyclic) bond motifs is 1. The fourth-order valence-corrected chi connectivity index (χ4v) is 3.51. The number of likely N-dealkylation sites (N-methyl/N-ethyl adjacent to an activating group) is 1. The first-order valence-electron chi connectivity index (χ1n) is 8.74. The van der Waals surface area contributed by atoms with Crippen LogP contribution >= 0.6 is 0 Å². The van der Waals surface area contributed by atoms with Gasteiger partial charge in [-0.1, -0.05) is 23.8 Å². The Morgan fingerprint density at radius 2 is 1.68 bits per heavy atom. The van der Waals surface area contributed by atoms with Gasteiger partial charge in [-0.2, -0.15) is 0 Å². The highest BCUT2D eigenvalue weighted by molar-refractivity contribution is 5.82. The van der Waals surface area contributed by atoms with Crippen molar-refractivity contribution < 1.29 is 4.79 Å². The topological polar surface area (TPSA) is 52.6 Å². The SMILES string of the molecule is Cc1ccc2c(c1)CCN(c1cc(N3CCN(C)C(=O)C3)ncn1)C2. The van der Waals surface area contributed by atoms with Crippen LogP contribution < -0.4 is 9.80 Å². The third-order valence-electron chi connectivity index (χ3n) is 5.12. The second-order valence-corrected chi connectivity index (χ2v) is 6.91. The van der Waals surface area contributed by atoms with Crippen molar-refractivity contribution in [2.45, 2.75) is 19.9 Å². The second-order valence-electron chi connectivity index (χ2n) is 6.91. The summed E-state index contributed by atoms with van der Waals surface area (Å²) < 4.78 is 0. The summed E-state index contributed by atoms with van der Waals surface area (Å²) in [6.45, 7) is 5.88. The van der Waals surface area contributed by atoms with Crippen molar-refractivity contribution in [3.63, 3.8) is 0 Å². The maximum atomic E-state index is 12.0. The summed E-state index contributed by atoms with van der Waals surface area (Å²) in [6.07, 6.45) is 2.64. The lowest BCUT2D eigenvalue weighted by Gasteiger charge is -2.34. The number of amides is 1. The lowest BCUT2D eigenvalue weighted by atomic mass is 9.98. The second kappa shape index (κ2) is 6.35. The molecule has 130 valence electrons. The van der Waals surface area contributed by atoms with Gasteiger partial charge in [-0.05, 0) is 24.5 Å². The molecule has 0 unspecified atom stereocenters. The predicted molar refractivity (Wildman–Crippen MR) is 97.8 cm³/mol. The van der Waals surface area contributed by atoms with Gasteiger partial charge >= 0.3 is 0 Å². The molecule has 1 aromatic heterocycles. The minimum Gasteiger partial charge on any atom is -0.352 e. The van der Waals surface area contributed by atoms with Crippen LogP contribution in [0.15, 0.2) is 30.6 Å². The summed E-state index contributed by atoms with van der Waals surface area (Å²) >= 11 is 0. The van der Waals surface area contributed by atoms with E-state index in [0.717, 1.165) is 44.2 Å². The van der Waals surface area contributed by atoms with Crippen LogP contribution in [0.25, 0.3) is 0 Å². The van der Waals surface area contributed by atoms with E-state index in [1.54, 1.807) is 11.2 Å². The van der Waals surface area contributed by atoms with E-state index in [-0.39, 0.29) is 5.91 Å². The Kier molecular flexibility index (Phi) is 4.03. The standard InChI is InChI=1S/C19H23N5O/c1-14-3-4-16-11-23(6-5-15(16)9-14)17-10-18(21-13-20-17)24-8-7-22(2)19(25)12-24/h3-4,9-10,13H,5-8,11-12H2,1-2H3. The largest absolute Gasteiger partial charge is 0.352 e. The molecule has 2 aliphatic rings. The van der Waals surface area contributed by atoms with Gasteiger partial charge in [-0.3, -0.25) is 4.79 Å². The Hall–Kier alpha value is -2.63. The summed E-state index contributed by atoms with van der Waals surface area (Å²) in [5.74, 6) is 1.90. The molecule has 0 spiro atoms. The van der Waals surface area contributed by atoms with E-state index in [4.69, 9.17) is 0 Å². The van der Waals surface area contributed by atoms with Crippen molar-refractivity contribution >= 4 is 17.5 Å². The van der Waals surface area contributed by atoms with Gasteiger partial charge in [0.25, 0.3) is 0 Å². The number of carbonyl (C=O) groups excluding carboxylic acids is 1. The van der Waals surface area contributed by atoms with Gasteiger partial charge in [0.05, 0.1) is 6.54 Å². The molecule has 4 rings (SSSR count). The normalized spacial score (nSPS) is 17.7. The molecule has 0 atom stereocenters. The lowest BCUT2D eigenvalue weighted by molar-refractivity contribution is -0.129. The summed E-state index contributed by atoms with van der Waals surface area (Å²) in [5, 5.41) is 0. The van der Waals surface area contributed by atoms with Gasteiger partial charge in [0.2, 0.25) is 5.91 Å². The highest BCUT2D eigenvalue weighted by Crippen LogP contribution is 2.26. The number of rotatable bonds is 2.